The number of benzene rings is 1. The highest BCUT2D eigenvalue weighted by Crippen LogP contribution is 2.38. The smallest absolute Gasteiger partial charge is 0.132 e. The molecule has 2 heterocycles. The predicted octanol–water partition coefficient (Wildman–Crippen LogP) is 4.05. The van der Waals surface area contributed by atoms with E-state index in [2.05, 4.69) is 28.1 Å². The van der Waals surface area contributed by atoms with E-state index in [1.54, 1.807) is 0 Å². The molecule has 2 aromatic rings. The lowest BCUT2D eigenvalue weighted by molar-refractivity contribution is 0.162. The van der Waals surface area contributed by atoms with Gasteiger partial charge in [-0.05, 0) is 75.4 Å². The third-order valence-corrected chi connectivity index (χ3v) is 5.15. The van der Waals surface area contributed by atoms with Crippen LogP contribution in [0.4, 0.5) is 0 Å². The number of hydrogen-bond donors (Lipinski definition) is 1. The number of halogens is 1. The zero-order chi connectivity index (χ0) is 16.5. The molecule has 1 saturated carbocycles. The summed E-state index contributed by atoms with van der Waals surface area (Å²) in [6.45, 7) is 5.10. The molecule has 4 rings (SSSR count). The summed E-state index contributed by atoms with van der Waals surface area (Å²) in [4.78, 5) is 0. The van der Waals surface area contributed by atoms with Crippen molar-refractivity contribution in [3.8, 4) is 17.0 Å². The Labute approximate surface area is 148 Å². The van der Waals surface area contributed by atoms with Gasteiger partial charge in [-0.15, -0.1) is 0 Å². The van der Waals surface area contributed by atoms with Gasteiger partial charge in [0, 0.05) is 23.3 Å². The van der Waals surface area contributed by atoms with Crippen molar-refractivity contribution in [1.82, 2.24) is 15.1 Å². The highest BCUT2D eigenvalue weighted by Gasteiger charge is 2.25. The number of nitrogens with zero attached hydrogens (tertiary/aromatic N) is 2. The van der Waals surface area contributed by atoms with Gasteiger partial charge in [0.1, 0.15) is 11.9 Å². The number of ether oxygens (including phenoxy) is 1. The summed E-state index contributed by atoms with van der Waals surface area (Å²) in [7, 11) is 0. The maximum Gasteiger partial charge on any atom is 0.132 e. The number of piperidine rings is 1. The highest BCUT2D eigenvalue weighted by molar-refractivity contribution is 6.31. The molecule has 128 valence electrons. The first-order valence-corrected chi connectivity index (χ1v) is 9.28. The van der Waals surface area contributed by atoms with Crippen LogP contribution < -0.4 is 10.1 Å². The molecule has 2 fully saturated rings. The Hall–Kier alpha value is -1.52. The molecule has 0 radical (unpaired) electrons. The summed E-state index contributed by atoms with van der Waals surface area (Å²) in [5.41, 5.74) is 3.27. The highest BCUT2D eigenvalue weighted by atomic mass is 35.5. The maximum atomic E-state index is 6.43. The third kappa shape index (κ3) is 3.45. The van der Waals surface area contributed by atoms with Gasteiger partial charge in [-0.3, -0.25) is 4.68 Å². The second kappa shape index (κ2) is 6.77. The normalized spacial score (nSPS) is 18.8. The first kappa shape index (κ1) is 16.0. The van der Waals surface area contributed by atoms with Crippen molar-refractivity contribution in [2.45, 2.75) is 45.3 Å². The fraction of sp³-hybridized carbons (Fsp3) is 0.526. The molecule has 4 nitrogen and oxygen atoms in total. The van der Waals surface area contributed by atoms with Crippen LogP contribution in [-0.4, -0.2) is 29.0 Å². The van der Waals surface area contributed by atoms with Crippen molar-refractivity contribution in [3.05, 3.63) is 35.0 Å². The van der Waals surface area contributed by atoms with Crippen LogP contribution in [0.3, 0.4) is 0 Å². The minimum absolute atomic E-state index is 0.268. The van der Waals surface area contributed by atoms with Crippen LogP contribution in [-0.2, 0) is 6.54 Å². The summed E-state index contributed by atoms with van der Waals surface area (Å²) >= 11 is 6.36. The van der Waals surface area contributed by atoms with Crippen molar-refractivity contribution in [3.63, 3.8) is 0 Å². The van der Waals surface area contributed by atoms with Crippen LogP contribution in [0.25, 0.3) is 11.3 Å². The lowest BCUT2D eigenvalue weighted by atomic mass is 10.0. The van der Waals surface area contributed by atoms with Crippen LogP contribution in [0, 0.1) is 12.8 Å². The third-order valence-electron chi connectivity index (χ3n) is 4.93. The molecule has 0 atom stereocenters. The number of rotatable bonds is 5. The lowest BCUT2D eigenvalue weighted by Gasteiger charge is -2.26. The number of aryl methyl sites for hydroxylation is 1. The van der Waals surface area contributed by atoms with E-state index < -0.39 is 0 Å². The van der Waals surface area contributed by atoms with Gasteiger partial charge in [-0.1, -0.05) is 11.6 Å². The van der Waals surface area contributed by atoms with E-state index in [4.69, 9.17) is 16.3 Å². The molecule has 1 N–H and O–H groups in total. The Morgan fingerprint density at radius 2 is 2.04 bits per heavy atom. The van der Waals surface area contributed by atoms with E-state index in [1.165, 1.54) is 12.8 Å². The predicted molar refractivity (Wildman–Crippen MR) is 96.7 cm³/mol. The number of nitrogens with one attached hydrogen (secondary N) is 1. The molecule has 0 amide bonds. The van der Waals surface area contributed by atoms with Crippen molar-refractivity contribution >= 4 is 11.6 Å². The molecule has 1 aromatic carbocycles. The van der Waals surface area contributed by atoms with Crippen LogP contribution in [0.2, 0.25) is 5.02 Å². The molecule has 2 aliphatic rings. The van der Waals surface area contributed by atoms with Crippen molar-refractivity contribution in [2.75, 3.05) is 13.1 Å². The molecular formula is C19H24ClN3O. The van der Waals surface area contributed by atoms with Crippen molar-refractivity contribution in [1.29, 1.82) is 0 Å². The van der Waals surface area contributed by atoms with E-state index in [0.717, 1.165) is 66.0 Å². The summed E-state index contributed by atoms with van der Waals surface area (Å²) < 4.78 is 8.54. The Kier molecular flexibility index (Phi) is 4.51. The van der Waals surface area contributed by atoms with Gasteiger partial charge < -0.3 is 10.1 Å². The first-order chi connectivity index (χ1) is 11.7. The molecule has 5 heteroatoms. The molecule has 0 spiro atoms. The molecule has 1 aromatic heterocycles. The Balaban J connectivity index is 1.69. The average molecular weight is 346 g/mol. The van der Waals surface area contributed by atoms with Crippen LogP contribution in [0.1, 0.15) is 31.2 Å². The van der Waals surface area contributed by atoms with Crippen molar-refractivity contribution < 1.29 is 4.74 Å². The molecule has 1 saturated heterocycles. The minimum Gasteiger partial charge on any atom is -0.489 e. The average Bonchev–Trinajstić information content (AvgIpc) is 3.27. The monoisotopic (exact) mass is 345 g/mol. The van der Waals surface area contributed by atoms with E-state index >= 15 is 0 Å². The Morgan fingerprint density at radius 1 is 1.25 bits per heavy atom. The topological polar surface area (TPSA) is 39.1 Å². The number of aromatic nitrogens is 2. The van der Waals surface area contributed by atoms with Crippen LogP contribution in [0.5, 0.6) is 5.75 Å². The van der Waals surface area contributed by atoms with E-state index in [9.17, 15) is 0 Å². The second-order valence-electron chi connectivity index (χ2n) is 7.01. The summed E-state index contributed by atoms with van der Waals surface area (Å²) in [5, 5.41) is 8.67. The summed E-state index contributed by atoms with van der Waals surface area (Å²) in [6.07, 6.45) is 6.86. The zero-order valence-electron chi connectivity index (χ0n) is 14.1. The molecule has 0 bridgehead atoms. The lowest BCUT2D eigenvalue weighted by Crippen LogP contribution is -2.34. The van der Waals surface area contributed by atoms with Crippen molar-refractivity contribution in [2.24, 2.45) is 5.92 Å². The van der Waals surface area contributed by atoms with E-state index in [0.29, 0.717) is 0 Å². The molecule has 24 heavy (non-hydrogen) atoms. The Bertz CT molecular complexity index is 717. The molecule has 1 aliphatic carbocycles. The maximum absolute atomic E-state index is 6.43. The molecular weight excluding hydrogens is 322 g/mol. The van der Waals surface area contributed by atoms with Gasteiger partial charge in [-0.25, -0.2) is 0 Å². The van der Waals surface area contributed by atoms with E-state index in [-0.39, 0.29) is 6.10 Å². The fourth-order valence-electron chi connectivity index (χ4n) is 3.41. The van der Waals surface area contributed by atoms with Gasteiger partial charge in [0.05, 0.1) is 5.69 Å². The first-order valence-electron chi connectivity index (χ1n) is 8.90. The fourth-order valence-corrected chi connectivity index (χ4v) is 3.68. The summed E-state index contributed by atoms with van der Waals surface area (Å²) in [5.74, 6) is 1.74. The zero-order valence-corrected chi connectivity index (χ0v) is 14.9. The van der Waals surface area contributed by atoms with Gasteiger partial charge in [0.2, 0.25) is 0 Å². The van der Waals surface area contributed by atoms with Crippen LogP contribution >= 0.6 is 11.6 Å². The molecule has 0 unspecified atom stereocenters. The second-order valence-corrected chi connectivity index (χ2v) is 7.44. The van der Waals surface area contributed by atoms with E-state index in [1.807, 2.05) is 18.3 Å². The molecule has 1 aliphatic heterocycles. The SMILES string of the molecule is Cc1cc(Cl)cc(-c2ccnn2CC2CC2)c1OC1CCNCC1. The van der Waals surface area contributed by atoms with Gasteiger partial charge >= 0.3 is 0 Å². The largest absolute Gasteiger partial charge is 0.489 e. The van der Waals surface area contributed by atoms with Gasteiger partial charge in [0.25, 0.3) is 0 Å². The summed E-state index contributed by atoms with van der Waals surface area (Å²) in [6, 6.07) is 6.08. The van der Waals surface area contributed by atoms with Gasteiger partial charge in [-0.2, -0.15) is 5.10 Å². The minimum atomic E-state index is 0.268. The van der Waals surface area contributed by atoms with Crippen LogP contribution in [0.15, 0.2) is 24.4 Å². The Morgan fingerprint density at radius 3 is 2.79 bits per heavy atom. The number of hydrogen-bond acceptors (Lipinski definition) is 3. The quantitative estimate of drug-likeness (QED) is 0.888. The standard InChI is InChI=1S/C19H24ClN3O/c1-13-10-15(20)11-17(19(13)24-16-4-7-21-8-5-16)18-6-9-22-23(18)12-14-2-3-14/h6,9-11,14,16,21H,2-5,7-8,12H2,1H3. The van der Waals surface area contributed by atoms with Gasteiger partial charge in [0.15, 0.2) is 0 Å².